The van der Waals surface area contributed by atoms with Gasteiger partial charge in [0.05, 0.1) is 30.8 Å². The Hall–Kier alpha value is -5.24. The number of ether oxygens (including phenoxy) is 5. The first-order valence-corrected chi connectivity index (χ1v) is 13.7. The van der Waals surface area contributed by atoms with E-state index in [9.17, 15) is 9.59 Å². The molecule has 1 aromatic heterocycles. The number of hydrogen-bond donors (Lipinski definition) is 0. The maximum absolute atomic E-state index is 13.1. The van der Waals surface area contributed by atoms with Crippen molar-refractivity contribution in [3.05, 3.63) is 107 Å². The first kappa shape index (κ1) is 28.3. The lowest BCUT2D eigenvalue weighted by molar-refractivity contribution is 0.0733. The Morgan fingerprint density at radius 3 is 1.95 bits per heavy atom. The van der Waals surface area contributed by atoms with Gasteiger partial charge in [-0.25, -0.2) is 4.79 Å². The minimum absolute atomic E-state index is 0.0426. The quantitative estimate of drug-likeness (QED) is 0.119. The number of esters is 1. The fourth-order valence-corrected chi connectivity index (χ4v) is 4.37. The second-order valence-corrected chi connectivity index (χ2v) is 9.07. The highest BCUT2D eigenvalue weighted by molar-refractivity contribution is 5.93. The van der Waals surface area contributed by atoms with E-state index < -0.39 is 5.97 Å². The fraction of sp³-hybridized carbons (Fsp3) is 0.176. The summed E-state index contributed by atoms with van der Waals surface area (Å²) in [5.74, 6) is 1.29. The zero-order chi connectivity index (χ0) is 29.5. The molecule has 214 valence electrons. The van der Waals surface area contributed by atoms with Gasteiger partial charge in [-0.05, 0) is 68.3 Å². The Bertz CT molecular complexity index is 1710. The highest BCUT2D eigenvalue weighted by Crippen LogP contribution is 2.39. The molecule has 0 unspecified atom stereocenters. The number of benzene rings is 4. The van der Waals surface area contributed by atoms with E-state index in [4.69, 9.17) is 28.1 Å². The van der Waals surface area contributed by atoms with E-state index in [1.807, 2.05) is 63.2 Å². The molecule has 0 aliphatic heterocycles. The van der Waals surface area contributed by atoms with E-state index in [2.05, 4.69) is 0 Å². The van der Waals surface area contributed by atoms with E-state index in [0.717, 1.165) is 11.1 Å². The minimum Gasteiger partial charge on any atom is -0.490 e. The summed E-state index contributed by atoms with van der Waals surface area (Å²) in [4.78, 5) is 26.2. The van der Waals surface area contributed by atoms with Crippen LogP contribution >= 0.6 is 0 Å². The topological polar surface area (TPSA) is 93.4 Å². The second-order valence-electron chi connectivity index (χ2n) is 9.07. The van der Waals surface area contributed by atoms with Crippen LogP contribution in [-0.2, 0) is 0 Å². The van der Waals surface area contributed by atoms with Crippen LogP contribution in [0.2, 0.25) is 0 Å². The third-order valence-electron chi connectivity index (χ3n) is 6.26. The fourth-order valence-electron chi connectivity index (χ4n) is 4.37. The number of carbonyl (C=O) groups is 1. The van der Waals surface area contributed by atoms with Crippen molar-refractivity contribution in [1.82, 2.24) is 0 Å². The SMILES string of the molecule is CCOc1cc(C(=O)Oc2ccc3c(=O)c(Oc4ccc(-c5ccccc5)cc4)coc3c2)cc(OCC)c1OCC. The molecule has 5 rings (SSSR count). The minimum atomic E-state index is -0.638. The van der Waals surface area contributed by atoms with E-state index in [1.54, 1.807) is 24.3 Å². The maximum Gasteiger partial charge on any atom is 0.343 e. The highest BCUT2D eigenvalue weighted by Gasteiger charge is 2.20. The summed E-state index contributed by atoms with van der Waals surface area (Å²) in [5, 5.41) is 0.284. The van der Waals surface area contributed by atoms with Gasteiger partial charge in [-0.2, -0.15) is 0 Å². The molecule has 8 nitrogen and oxygen atoms in total. The molecule has 0 bridgehead atoms. The van der Waals surface area contributed by atoms with Gasteiger partial charge in [-0.15, -0.1) is 0 Å². The van der Waals surface area contributed by atoms with Crippen LogP contribution < -0.4 is 29.1 Å². The Balaban J connectivity index is 1.35. The van der Waals surface area contributed by atoms with Crippen molar-refractivity contribution in [3.63, 3.8) is 0 Å². The van der Waals surface area contributed by atoms with E-state index in [0.29, 0.717) is 42.8 Å². The van der Waals surface area contributed by atoms with Crippen molar-refractivity contribution < 1.29 is 32.9 Å². The monoisotopic (exact) mass is 566 g/mol. The molecule has 0 saturated carbocycles. The predicted molar refractivity (Wildman–Crippen MR) is 159 cm³/mol. The third kappa shape index (κ3) is 6.23. The van der Waals surface area contributed by atoms with Crippen LogP contribution in [-0.4, -0.2) is 25.8 Å². The Morgan fingerprint density at radius 2 is 1.31 bits per heavy atom. The van der Waals surface area contributed by atoms with Crippen molar-refractivity contribution in [1.29, 1.82) is 0 Å². The summed E-state index contributed by atoms with van der Waals surface area (Å²) < 4.78 is 34.2. The molecule has 0 amide bonds. The smallest absolute Gasteiger partial charge is 0.343 e. The van der Waals surface area contributed by atoms with Crippen LogP contribution in [0.4, 0.5) is 0 Å². The Kier molecular flexibility index (Phi) is 8.72. The van der Waals surface area contributed by atoms with Crippen LogP contribution in [0.3, 0.4) is 0 Å². The standard InChI is InChI=1S/C34H30O8/c1-4-37-29-18-24(19-30(38-5-2)33(29)39-6-3)34(36)42-26-16-17-27-28(20-26)40-21-31(32(27)35)41-25-14-12-23(13-15-25)22-10-8-7-9-11-22/h7-21H,4-6H2,1-3H3. The van der Waals surface area contributed by atoms with Gasteiger partial charge in [-0.3, -0.25) is 4.79 Å². The van der Waals surface area contributed by atoms with Gasteiger partial charge in [0.2, 0.25) is 16.9 Å². The molecule has 0 radical (unpaired) electrons. The van der Waals surface area contributed by atoms with Crippen molar-refractivity contribution >= 4 is 16.9 Å². The highest BCUT2D eigenvalue weighted by atomic mass is 16.5. The zero-order valence-electron chi connectivity index (χ0n) is 23.5. The molecule has 0 spiro atoms. The van der Waals surface area contributed by atoms with E-state index in [1.165, 1.54) is 24.5 Å². The molecule has 8 heteroatoms. The number of hydrogen-bond acceptors (Lipinski definition) is 8. The molecule has 1 heterocycles. The van der Waals surface area contributed by atoms with Crippen molar-refractivity contribution in [2.24, 2.45) is 0 Å². The average Bonchev–Trinajstić information content (AvgIpc) is 3.01. The summed E-state index contributed by atoms with van der Waals surface area (Å²) in [6.45, 7) is 6.67. The van der Waals surface area contributed by atoms with Crippen molar-refractivity contribution in [3.8, 4) is 45.6 Å². The predicted octanol–water partition coefficient (Wildman–Crippen LogP) is 7.67. The molecule has 0 atom stereocenters. The molecule has 0 N–H and O–H groups in total. The molecule has 42 heavy (non-hydrogen) atoms. The summed E-state index contributed by atoms with van der Waals surface area (Å²) in [5.41, 5.74) is 2.22. The Labute approximate surface area is 243 Å². The molecule has 0 aliphatic rings. The second kappa shape index (κ2) is 13.0. The van der Waals surface area contributed by atoms with Crippen LogP contribution in [0.15, 0.2) is 100 Å². The summed E-state index contributed by atoms with van der Waals surface area (Å²) in [6, 6.07) is 25.0. The molecule has 0 saturated heterocycles. The van der Waals surface area contributed by atoms with Crippen LogP contribution in [0, 0.1) is 0 Å². The zero-order valence-corrected chi connectivity index (χ0v) is 23.5. The third-order valence-corrected chi connectivity index (χ3v) is 6.26. The van der Waals surface area contributed by atoms with Gasteiger partial charge >= 0.3 is 5.97 Å². The maximum atomic E-state index is 13.1. The van der Waals surface area contributed by atoms with Gasteiger partial charge in [0.25, 0.3) is 0 Å². The molecular weight excluding hydrogens is 536 g/mol. The van der Waals surface area contributed by atoms with Crippen LogP contribution in [0.5, 0.6) is 34.5 Å². The lowest BCUT2D eigenvalue weighted by atomic mass is 10.1. The summed E-state index contributed by atoms with van der Waals surface area (Å²) in [7, 11) is 0. The molecular formula is C34H30O8. The number of rotatable bonds is 11. The normalized spacial score (nSPS) is 10.7. The van der Waals surface area contributed by atoms with Gasteiger partial charge in [0.15, 0.2) is 11.5 Å². The summed E-state index contributed by atoms with van der Waals surface area (Å²) in [6.07, 6.45) is 1.25. The van der Waals surface area contributed by atoms with E-state index >= 15 is 0 Å². The number of fused-ring (bicyclic) bond motifs is 1. The van der Waals surface area contributed by atoms with Gasteiger partial charge in [0, 0.05) is 6.07 Å². The molecule has 4 aromatic carbocycles. The first-order valence-electron chi connectivity index (χ1n) is 13.7. The van der Waals surface area contributed by atoms with Gasteiger partial charge in [0.1, 0.15) is 23.3 Å². The van der Waals surface area contributed by atoms with Gasteiger partial charge < -0.3 is 28.1 Å². The molecule has 0 aliphatic carbocycles. The lowest BCUT2D eigenvalue weighted by Crippen LogP contribution is -2.11. The average molecular weight is 567 g/mol. The lowest BCUT2D eigenvalue weighted by Gasteiger charge is -2.16. The number of carbonyl (C=O) groups excluding carboxylic acids is 1. The van der Waals surface area contributed by atoms with Crippen LogP contribution in [0.25, 0.3) is 22.1 Å². The van der Waals surface area contributed by atoms with E-state index in [-0.39, 0.29) is 33.5 Å². The molecule has 0 fully saturated rings. The largest absolute Gasteiger partial charge is 0.490 e. The molecule has 5 aromatic rings. The first-order chi connectivity index (χ1) is 20.5. The van der Waals surface area contributed by atoms with Crippen LogP contribution in [0.1, 0.15) is 31.1 Å². The Morgan fingerprint density at radius 1 is 0.690 bits per heavy atom. The summed E-state index contributed by atoms with van der Waals surface area (Å²) >= 11 is 0. The van der Waals surface area contributed by atoms with Crippen molar-refractivity contribution in [2.75, 3.05) is 19.8 Å². The van der Waals surface area contributed by atoms with Gasteiger partial charge in [-0.1, -0.05) is 42.5 Å². The van der Waals surface area contributed by atoms with Crippen molar-refractivity contribution in [2.45, 2.75) is 20.8 Å².